The van der Waals surface area contributed by atoms with Crippen LogP contribution in [0.25, 0.3) is 0 Å². The molecule has 1 aliphatic carbocycles. The molecule has 0 spiro atoms. The first-order valence-corrected chi connectivity index (χ1v) is 5.86. The van der Waals surface area contributed by atoms with E-state index in [1.54, 1.807) is 0 Å². The average Bonchev–Trinajstić information content (AvgIpc) is 1.96. The first-order chi connectivity index (χ1) is 6.37. The van der Waals surface area contributed by atoms with E-state index in [0.717, 1.165) is 31.7 Å². The lowest BCUT2D eigenvalue weighted by Gasteiger charge is -2.45. The van der Waals surface area contributed by atoms with E-state index < -0.39 is 0 Å². The molecule has 4 N–H and O–H groups in total. The Bertz CT molecular complexity index is 189. The van der Waals surface area contributed by atoms with E-state index in [9.17, 15) is 0 Å². The molecule has 84 valence electrons. The smallest absolute Gasteiger partial charge is 0.0162 e. The summed E-state index contributed by atoms with van der Waals surface area (Å²) >= 11 is 0. The molecule has 0 aliphatic heterocycles. The number of hydrogen-bond acceptors (Lipinski definition) is 2. The van der Waals surface area contributed by atoms with Crippen LogP contribution < -0.4 is 11.5 Å². The van der Waals surface area contributed by atoms with Gasteiger partial charge in [0.2, 0.25) is 0 Å². The maximum absolute atomic E-state index is 6.46. The summed E-state index contributed by atoms with van der Waals surface area (Å²) in [6.07, 6.45) is 5.81. The lowest BCUT2D eigenvalue weighted by Crippen LogP contribution is -2.49. The van der Waals surface area contributed by atoms with Gasteiger partial charge in [0.25, 0.3) is 0 Å². The quantitative estimate of drug-likeness (QED) is 0.731. The Morgan fingerprint density at radius 3 is 2.43 bits per heavy atom. The van der Waals surface area contributed by atoms with Crippen LogP contribution >= 0.6 is 0 Å². The average molecular weight is 198 g/mol. The molecule has 0 heterocycles. The summed E-state index contributed by atoms with van der Waals surface area (Å²) in [5, 5.41) is 0. The van der Waals surface area contributed by atoms with Gasteiger partial charge in [-0.3, -0.25) is 0 Å². The third-order valence-electron chi connectivity index (χ3n) is 3.37. The minimum absolute atomic E-state index is 0.0561. The molecular formula is C12H26N2. The zero-order valence-electron chi connectivity index (χ0n) is 9.97. The van der Waals surface area contributed by atoms with E-state index in [1.807, 2.05) is 0 Å². The van der Waals surface area contributed by atoms with Crippen LogP contribution in [0.1, 0.15) is 52.9 Å². The highest BCUT2D eigenvalue weighted by atomic mass is 14.8. The highest BCUT2D eigenvalue weighted by Crippen LogP contribution is 2.44. The molecule has 1 saturated carbocycles. The van der Waals surface area contributed by atoms with Gasteiger partial charge < -0.3 is 11.5 Å². The molecule has 0 bridgehead atoms. The second kappa shape index (κ2) is 4.19. The molecule has 0 aromatic carbocycles. The van der Waals surface area contributed by atoms with E-state index in [0.29, 0.717) is 5.41 Å². The topological polar surface area (TPSA) is 52.0 Å². The Balaban J connectivity index is 2.59. The molecule has 14 heavy (non-hydrogen) atoms. The highest BCUT2D eigenvalue weighted by Gasteiger charge is 2.39. The Morgan fingerprint density at radius 1 is 1.29 bits per heavy atom. The van der Waals surface area contributed by atoms with E-state index in [2.05, 4.69) is 20.8 Å². The van der Waals surface area contributed by atoms with Gasteiger partial charge in [-0.1, -0.05) is 20.8 Å². The fourth-order valence-electron chi connectivity index (χ4n) is 3.45. The van der Waals surface area contributed by atoms with Crippen LogP contribution in [0.4, 0.5) is 0 Å². The van der Waals surface area contributed by atoms with E-state index in [1.165, 1.54) is 12.8 Å². The van der Waals surface area contributed by atoms with Crippen molar-refractivity contribution in [3.8, 4) is 0 Å². The van der Waals surface area contributed by atoms with Gasteiger partial charge in [0.1, 0.15) is 0 Å². The van der Waals surface area contributed by atoms with Gasteiger partial charge in [-0.25, -0.2) is 0 Å². The summed E-state index contributed by atoms with van der Waals surface area (Å²) in [5.74, 6) is 0.765. The first kappa shape index (κ1) is 12.0. The van der Waals surface area contributed by atoms with Crippen molar-refractivity contribution in [2.24, 2.45) is 22.8 Å². The minimum atomic E-state index is 0.0561. The van der Waals surface area contributed by atoms with Crippen LogP contribution in [0.2, 0.25) is 0 Å². The van der Waals surface area contributed by atoms with Crippen molar-refractivity contribution < 1.29 is 0 Å². The molecule has 2 atom stereocenters. The molecule has 2 nitrogen and oxygen atoms in total. The lowest BCUT2D eigenvalue weighted by molar-refractivity contribution is 0.101. The van der Waals surface area contributed by atoms with Crippen molar-refractivity contribution in [3.63, 3.8) is 0 Å². The van der Waals surface area contributed by atoms with Gasteiger partial charge >= 0.3 is 0 Å². The molecular weight excluding hydrogens is 172 g/mol. The number of nitrogens with two attached hydrogens (primary N) is 2. The number of hydrogen-bond donors (Lipinski definition) is 2. The summed E-state index contributed by atoms with van der Waals surface area (Å²) in [6, 6.07) is 0. The van der Waals surface area contributed by atoms with Gasteiger partial charge in [-0.05, 0) is 50.0 Å². The largest absolute Gasteiger partial charge is 0.330 e. The molecule has 0 aromatic heterocycles. The van der Waals surface area contributed by atoms with Gasteiger partial charge in [0, 0.05) is 5.54 Å². The molecule has 0 saturated heterocycles. The van der Waals surface area contributed by atoms with Crippen LogP contribution in [0, 0.1) is 11.3 Å². The van der Waals surface area contributed by atoms with E-state index in [-0.39, 0.29) is 5.54 Å². The third-order valence-corrected chi connectivity index (χ3v) is 3.37. The van der Waals surface area contributed by atoms with Crippen LogP contribution in [0.15, 0.2) is 0 Å². The summed E-state index contributed by atoms with van der Waals surface area (Å²) in [6.45, 7) is 7.78. The normalized spacial score (nSPS) is 37.1. The zero-order valence-corrected chi connectivity index (χ0v) is 9.97. The predicted octanol–water partition coefficient (Wildman–Crippen LogP) is 2.27. The van der Waals surface area contributed by atoms with Gasteiger partial charge in [-0.15, -0.1) is 0 Å². The fourth-order valence-corrected chi connectivity index (χ4v) is 3.45. The van der Waals surface area contributed by atoms with Crippen LogP contribution in [0.5, 0.6) is 0 Å². The van der Waals surface area contributed by atoms with E-state index >= 15 is 0 Å². The molecule has 2 unspecified atom stereocenters. The Kier molecular flexibility index (Phi) is 3.59. The van der Waals surface area contributed by atoms with Crippen LogP contribution in [0.3, 0.4) is 0 Å². The predicted molar refractivity (Wildman–Crippen MR) is 62.0 cm³/mol. The SMILES string of the molecule is CC1CC(C)(C)CC(N)(CCCN)C1. The van der Waals surface area contributed by atoms with Crippen molar-refractivity contribution in [2.45, 2.75) is 58.4 Å². The molecule has 1 rings (SSSR count). The van der Waals surface area contributed by atoms with Crippen LogP contribution in [-0.2, 0) is 0 Å². The van der Waals surface area contributed by atoms with Crippen LogP contribution in [-0.4, -0.2) is 12.1 Å². The minimum Gasteiger partial charge on any atom is -0.330 e. The summed E-state index contributed by atoms with van der Waals surface area (Å²) < 4.78 is 0. The van der Waals surface area contributed by atoms with E-state index in [4.69, 9.17) is 11.5 Å². The molecule has 0 radical (unpaired) electrons. The fraction of sp³-hybridized carbons (Fsp3) is 1.00. The monoisotopic (exact) mass is 198 g/mol. The van der Waals surface area contributed by atoms with Gasteiger partial charge in [0.05, 0.1) is 0 Å². The zero-order chi connectivity index (χ0) is 10.8. The lowest BCUT2D eigenvalue weighted by atomic mass is 9.63. The van der Waals surface area contributed by atoms with Gasteiger partial charge in [-0.2, -0.15) is 0 Å². The molecule has 0 aromatic rings. The van der Waals surface area contributed by atoms with Gasteiger partial charge in [0.15, 0.2) is 0 Å². The van der Waals surface area contributed by atoms with Crippen molar-refractivity contribution in [3.05, 3.63) is 0 Å². The molecule has 2 heteroatoms. The Hall–Kier alpha value is -0.0800. The first-order valence-electron chi connectivity index (χ1n) is 5.86. The Morgan fingerprint density at radius 2 is 1.93 bits per heavy atom. The third kappa shape index (κ3) is 3.25. The van der Waals surface area contributed by atoms with Crippen molar-refractivity contribution in [1.82, 2.24) is 0 Å². The maximum Gasteiger partial charge on any atom is 0.0162 e. The standard InChI is InChI=1S/C12H26N2/c1-10-7-11(2,3)9-12(14,8-10)5-4-6-13/h10H,4-9,13-14H2,1-3H3. The maximum atomic E-state index is 6.46. The van der Waals surface area contributed by atoms with Crippen molar-refractivity contribution in [2.75, 3.05) is 6.54 Å². The van der Waals surface area contributed by atoms with Crippen molar-refractivity contribution in [1.29, 1.82) is 0 Å². The second-order valence-electron chi connectivity index (χ2n) is 6.11. The second-order valence-corrected chi connectivity index (χ2v) is 6.11. The molecule has 1 aliphatic rings. The summed E-state index contributed by atoms with van der Waals surface area (Å²) in [7, 11) is 0. The highest BCUT2D eigenvalue weighted by molar-refractivity contribution is 4.96. The molecule has 0 amide bonds. The summed E-state index contributed by atoms with van der Waals surface area (Å²) in [5.41, 5.74) is 12.5. The Labute approximate surface area is 88.4 Å². The van der Waals surface area contributed by atoms with Crippen molar-refractivity contribution >= 4 is 0 Å². The molecule has 1 fully saturated rings. The number of rotatable bonds is 3. The summed E-state index contributed by atoms with van der Waals surface area (Å²) in [4.78, 5) is 0.